The Morgan fingerprint density at radius 1 is 1.14 bits per heavy atom. The first-order valence-corrected chi connectivity index (χ1v) is 11.2. The first-order valence-electron chi connectivity index (χ1n) is 9.52. The second kappa shape index (κ2) is 6.83. The van der Waals surface area contributed by atoms with Crippen LogP contribution in [0.25, 0.3) is 20.7 Å². The minimum absolute atomic E-state index is 0.0145. The van der Waals surface area contributed by atoms with Crippen LogP contribution in [0.5, 0.6) is 0 Å². The highest BCUT2D eigenvalue weighted by atomic mass is 32.1. The summed E-state index contributed by atoms with van der Waals surface area (Å²) < 4.78 is 0. The van der Waals surface area contributed by atoms with Gasteiger partial charge in [0.15, 0.2) is 0 Å². The number of rotatable bonds is 3. The van der Waals surface area contributed by atoms with Crippen molar-refractivity contribution in [1.29, 1.82) is 0 Å². The van der Waals surface area contributed by atoms with E-state index < -0.39 is 0 Å². The monoisotopic (exact) mass is 404 g/mol. The lowest BCUT2D eigenvalue weighted by Gasteiger charge is -2.19. The molecule has 0 unspecified atom stereocenters. The van der Waals surface area contributed by atoms with E-state index in [-0.39, 0.29) is 5.78 Å². The van der Waals surface area contributed by atoms with Gasteiger partial charge in [-0.2, -0.15) is 0 Å². The predicted octanol–water partition coefficient (Wildman–Crippen LogP) is 6.03. The Hall–Kier alpha value is -2.50. The van der Waals surface area contributed by atoms with Gasteiger partial charge in [0.05, 0.1) is 5.69 Å². The molecule has 3 nitrogen and oxygen atoms in total. The molecule has 1 aliphatic carbocycles. The molecule has 1 aromatic carbocycles. The van der Waals surface area contributed by atoms with Crippen LogP contribution < -0.4 is 5.73 Å². The molecule has 3 heterocycles. The molecule has 0 aliphatic heterocycles. The summed E-state index contributed by atoms with van der Waals surface area (Å²) in [6.45, 7) is 2.00. The molecule has 0 saturated carbocycles. The Morgan fingerprint density at radius 2 is 2.00 bits per heavy atom. The zero-order valence-corrected chi connectivity index (χ0v) is 17.3. The average molecular weight is 405 g/mol. The summed E-state index contributed by atoms with van der Waals surface area (Å²) >= 11 is 3.16. The van der Waals surface area contributed by atoms with Gasteiger partial charge < -0.3 is 5.73 Å². The Morgan fingerprint density at radius 3 is 2.79 bits per heavy atom. The van der Waals surface area contributed by atoms with E-state index in [1.807, 2.05) is 31.2 Å². The molecule has 0 amide bonds. The fraction of sp³-hybridized carbons (Fsp3) is 0.217. The van der Waals surface area contributed by atoms with Crippen molar-refractivity contribution < 1.29 is 4.79 Å². The standard InChI is InChI=1S/C23H20N2OS2/c1-13-6-4-7-14(12-13)21(26)22-20(24)19-18(17-10-5-11-27-17)15-8-2-3-9-16(15)25-23(19)28-22/h4-7,10-12H,2-3,8-9,24H2,1H3. The number of hydrogen-bond donors (Lipinski definition) is 1. The molecule has 0 radical (unpaired) electrons. The van der Waals surface area contributed by atoms with E-state index in [1.165, 1.54) is 45.9 Å². The maximum absolute atomic E-state index is 13.2. The number of hydrogen-bond acceptors (Lipinski definition) is 5. The largest absolute Gasteiger partial charge is 0.397 e. The number of pyridine rings is 1. The van der Waals surface area contributed by atoms with E-state index in [0.717, 1.165) is 28.6 Å². The zero-order valence-electron chi connectivity index (χ0n) is 15.6. The molecular formula is C23H20N2OS2. The van der Waals surface area contributed by atoms with Gasteiger partial charge in [0.25, 0.3) is 0 Å². The molecule has 140 valence electrons. The number of aryl methyl sites for hydroxylation is 2. The number of fused-ring (bicyclic) bond motifs is 2. The SMILES string of the molecule is Cc1cccc(C(=O)c2sc3nc4c(c(-c5cccs5)c3c2N)CCCC4)c1. The van der Waals surface area contributed by atoms with Gasteiger partial charge in [0.1, 0.15) is 9.71 Å². The highest BCUT2D eigenvalue weighted by Gasteiger charge is 2.26. The van der Waals surface area contributed by atoms with Crippen molar-refractivity contribution in [2.24, 2.45) is 0 Å². The average Bonchev–Trinajstić information content (AvgIpc) is 3.34. The molecule has 5 rings (SSSR count). The van der Waals surface area contributed by atoms with Gasteiger partial charge in [-0.05, 0) is 55.7 Å². The van der Waals surface area contributed by atoms with Gasteiger partial charge in [-0.25, -0.2) is 4.98 Å². The van der Waals surface area contributed by atoms with Crippen molar-refractivity contribution in [3.05, 3.63) is 69.0 Å². The van der Waals surface area contributed by atoms with E-state index in [9.17, 15) is 4.79 Å². The third-order valence-corrected chi connectivity index (χ3v) is 7.39. The number of benzene rings is 1. The lowest BCUT2D eigenvalue weighted by molar-refractivity contribution is 0.104. The van der Waals surface area contributed by atoms with Crippen molar-refractivity contribution in [3.63, 3.8) is 0 Å². The Bertz CT molecular complexity index is 1210. The van der Waals surface area contributed by atoms with E-state index in [2.05, 4.69) is 17.5 Å². The van der Waals surface area contributed by atoms with Gasteiger partial charge in [-0.3, -0.25) is 4.79 Å². The number of carbonyl (C=O) groups excluding carboxylic acids is 1. The van der Waals surface area contributed by atoms with Crippen LogP contribution in [0.1, 0.15) is 44.9 Å². The smallest absolute Gasteiger partial charge is 0.205 e. The molecule has 0 fully saturated rings. The lowest BCUT2D eigenvalue weighted by Crippen LogP contribution is -2.07. The van der Waals surface area contributed by atoms with E-state index in [4.69, 9.17) is 10.7 Å². The molecule has 2 N–H and O–H groups in total. The van der Waals surface area contributed by atoms with Gasteiger partial charge in [-0.15, -0.1) is 22.7 Å². The number of nitrogen functional groups attached to an aromatic ring is 1. The molecule has 0 saturated heterocycles. The van der Waals surface area contributed by atoms with Crippen LogP contribution in [-0.2, 0) is 12.8 Å². The Labute approximate surface area is 171 Å². The van der Waals surface area contributed by atoms with Crippen molar-refractivity contribution in [1.82, 2.24) is 4.98 Å². The minimum atomic E-state index is -0.0145. The summed E-state index contributed by atoms with van der Waals surface area (Å²) in [6.07, 6.45) is 4.38. The normalized spacial score (nSPS) is 13.6. The number of nitrogens with two attached hydrogens (primary N) is 1. The molecule has 0 atom stereocenters. The van der Waals surface area contributed by atoms with Gasteiger partial charge in [0, 0.05) is 27.1 Å². The van der Waals surface area contributed by atoms with Crippen LogP contribution >= 0.6 is 22.7 Å². The number of thiophene rings is 2. The van der Waals surface area contributed by atoms with Crippen molar-refractivity contribution in [2.45, 2.75) is 32.6 Å². The predicted molar refractivity (Wildman–Crippen MR) is 119 cm³/mol. The van der Waals surface area contributed by atoms with Gasteiger partial charge in [-0.1, -0.05) is 29.8 Å². The summed E-state index contributed by atoms with van der Waals surface area (Å²) in [7, 11) is 0. The maximum atomic E-state index is 13.2. The number of anilines is 1. The second-order valence-corrected chi connectivity index (χ2v) is 9.27. The minimum Gasteiger partial charge on any atom is -0.397 e. The van der Waals surface area contributed by atoms with Crippen LogP contribution in [0, 0.1) is 6.92 Å². The van der Waals surface area contributed by atoms with Crippen molar-refractivity contribution in [3.8, 4) is 10.4 Å². The maximum Gasteiger partial charge on any atom is 0.205 e. The molecule has 28 heavy (non-hydrogen) atoms. The summed E-state index contributed by atoms with van der Waals surface area (Å²) in [6, 6.07) is 11.9. The second-order valence-electron chi connectivity index (χ2n) is 7.32. The zero-order chi connectivity index (χ0) is 19.3. The van der Waals surface area contributed by atoms with Crippen LogP contribution in [0.15, 0.2) is 41.8 Å². The molecule has 4 aromatic rings. The summed E-state index contributed by atoms with van der Waals surface area (Å²) in [4.78, 5) is 20.9. The first-order chi connectivity index (χ1) is 13.6. The van der Waals surface area contributed by atoms with E-state index >= 15 is 0 Å². The lowest BCUT2D eigenvalue weighted by atomic mass is 9.90. The van der Waals surface area contributed by atoms with Crippen LogP contribution in [0.4, 0.5) is 5.69 Å². The Balaban J connectivity index is 1.77. The van der Waals surface area contributed by atoms with E-state index in [1.54, 1.807) is 11.3 Å². The van der Waals surface area contributed by atoms with Crippen molar-refractivity contribution >= 4 is 44.4 Å². The number of aromatic nitrogens is 1. The third kappa shape index (κ3) is 2.77. The number of nitrogens with zero attached hydrogens (tertiary/aromatic N) is 1. The van der Waals surface area contributed by atoms with Gasteiger partial charge in [0.2, 0.25) is 5.78 Å². The highest BCUT2D eigenvalue weighted by Crippen LogP contribution is 2.45. The van der Waals surface area contributed by atoms with Crippen LogP contribution in [0.3, 0.4) is 0 Å². The number of carbonyl (C=O) groups is 1. The molecule has 5 heteroatoms. The molecule has 3 aromatic heterocycles. The molecule has 1 aliphatic rings. The fourth-order valence-corrected chi connectivity index (χ4v) is 5.98. The number of ketones is 1. The third-order valence-electron chi connectivity index (χ3n) is 5.41. The molecule has 0 spiro atoms. The first kappa shape index (κ1) is 17.6. The molecule has 0 bridgehead atoms. The van der Waals surface area contributed by atoms with Crippen LogP contribution in [-0.4, -0.2) is 10.8 Å². The van der Waals surface area contributed by atoms with Crippen molar-refractivity contribution in [2.75, 3.05) is 5.73 Å². The van der Waals surface area contributed by atoms with E-state index in [0.29, 0.717) is 16.1 Å². The fourth-order valence-electron chi connectivity index (χ4n) is 4.09. The summed E-state index contributed by atoms with van der Waals surface area (Å²) in [5, 5.41) is 3.06. The summed E-state index contributed by atoms with van der Waals surface area (Å²) in [5.41, 5.74) is 12.6. The topological polar surface area (TPSA) is 56.0 Å². The highest BCUT2D eigenvalue weighted by molar-refractivity contribution is 7.21. The van der Waals surface area contributed by atoms with Crippen LogP contribution in [0.2, 0.25) is 0 Å². The Kier molecular flexibility index (Phi) is 4.29. The quantitative estimate of drug-likeness (QED) is 0.424. The van der Waals surface area contributed by atoms with Gasteiger partial charge >= 0.3 is 0 Å². The molecular weight excluding hydrogens is 384 g/mol. The summed E-state index contributed by atoms with van der Waals surface area (Å²) in [5.74, 6) is -0.0145.